The van der Waals surface area contributed by atoms with Gasteiger partial charge >= 0.3 is 0 Å². The third-order valence-corrected chi connectivity index (χ3v) is 3.58. The van der Waals surface area contributed by atoms with E-state index < -0.39 is 0 Å². The first-order chi connectivity index (χ1) is 11.3. The highest BCUT2D eigenvalue weighted by Gasteiger charge is 2.15. The van der Waals surface area contributed by atoms with Gasteiger partial charge in [-0.1, -0.05) is 0 Å². The third kappa shape index (κ3) is 2.08. The van der Waals surface area contributed by atoms with Gasteiger partial charge in [-0.05, 0) is 12.1 Å². The summed E-state index contributed by atoms with van der Waals surface area (Å²) in [6.45, 7) is 0. The summed E-state index contributed by atoms with van der Waals surface area (Å²) in [4.78, 5) is 26.5. The number of aromatic amines is 1. The number of fused-ring (bicyclic) bond motifs is 2. The molecule has 0 fully saturated rings. The van der Waals surface area contributed by atoms with Crippen molar-refractivity contribution in [1.82, 2.24) is 24.3 Å². The van der Waals surface area contributed by atoms with Gasteiger partial charge in [0.1, 0.15) is 11.5 Å². The van der Waals surface area contributed by atoms with Gasteiger partial charge in [0, 0.05) is 35.7 Å². The Balaban J connectivity index is 1.92. The second-order valence-electron chi connectivity index (χ2n) is 4.86. The average molecular weight is 308 g/mol. The Hall–Kier alpha value is -3.42. The number of nitrogens with zero attached hydrogens (tertiary/aromatic N) is 4. The van der Waals surface area contributed by atoms with Crippen LogP contribution in [0.25, 0.3) is 27.9 Å². The quantitative estimate of drug-likeness (QED) is 0.561. The van der Waals surface area contributed by atoms with E-state index in [0.717, 1.165) is 16.5 Å². The molecule has 0 aliphatic carbocycles. The van der Waals surface area contributed by atoms with Gasteiger partial charge < -0.3 is 15.0 Å². The number of methoxy groups -OCH3 is 1. The van der Waals surface area contributed by atoms with Crippen LogP contribution in [0.1, 0.15) is 0 Å². The molecule has 2 N–H and O–H groups in total. The second-order valence-corrected chi connectivity index (χ2v) is 4.86. The van der Waals surface area contributed by atoms with Crippen molar-refractivity contribution in [3.63, 3.8) is 0 Å². The molecule has 1 amide bonds. The minimum absolute atomic E-state index is 0.482. The summed E-state index contributed by atoms with van der Waals surface area (Å²) in [5.74, 6) is 1.54. The van der Waals surface area contributed by atoms with Crippen LogP contribution in [0.15, 0.2) is 36.9 Å². The minimum Gasteiger partial charge on any atom is -0.480 e. The molecule has 0 aliphatic heterocycles. The fraction of sp³-hybridized carbons (Fsp3) is 0.0667. The molecule has 0 spiro atoms. The molecule has 23 heavy (non-hydrogen) atoms. The molecule has 0 bridgehead atoms. The molecule has 4 aromatic heterocycles. The van der Waals surface area contributed by atoms with Gasteiger partial charge in [0.25, 0.3) is 0 Å². The van der Waals surface area contributed by atoms with Gasteiger partial charge in [0.2, 0.25) is 18.1 Å². The number of amides is 1. The Labute approximate surface area is 130 Å². The number of carbonyl (C=O) groups excluding carboxylic acids is 1. The number of pyridine rings is 1. The average Bonchev–Trinajstić information content (AvgIpc) is 3.19. The zero-order chi connectivity index (χ0) is 15.8. The van der Waals surface area contributed by atoms with E-state index in [2.05, 4.69) is 25.3 Å². The predicted molar refractivity (Wildman–Crippen MR) is 84.3 cm³/mol. The van der Waals surface area contributed by atoms with Crippen LogP contribution in [0, 0.1) is 0 Å². The zero-order valence-corrected chi connectivity index (χ0v) is 12.1. The van der Waals surface area contributed by atoms with E-state index in [1.54, 1.807) is 19.4 Å². The molecule has 0 unspecified atom stereocenters. The van der Waals surface area contributed by atoms with Crippen molar-refractivity contribution in [2.45, 2.75) is 0 Å². The molecule has 0 atom stereocenters. The standard InChI is InChI=1S/C15H12N6O2/c1-23-14-11(7-21-5-4-16-15(21)20-14)10-6-17-13-9(10)2-3-12(19-13)18-8-22/h2-8H,1H3,(H2,17,18,19,22). The summed E-state index contributed by atoms with van der Waals surface area (Å²) in [6.07, 6.45) is 7.85. The van der Waals surface area contributed by atoms with E-state index in [0.29, 0.717) is 29.5 Å². The van der Waals surface area contributed by atoms with Crippen LogP contribution in [0.5, 0.6) is 5.88 Å². The number of nitrogens with one attached hydrogen (secondary N) is 2. The second kappa shape index (κ2) is 5.09. The Morgan fingerprint density at radius 3 is 3.04 bits per heavy atom. The predicted octanol–water partition coefficient (Wildman–Crippen LogP) is 1.85. The number of aromatic nitrogens is 5. The van der Waals surface area contributed by atoms with Gasteiger partial charge in [-0.2, -0.15) is 4.98 Å². The molecular weight excluding hydrogens is 296 g/mol. The van der Waals surface area contributed by atoms with Crippen LogP contribution in [0.4, 0.5) is 5.82 Å². The zero-order valence-electron chi connectivity index (χ0n) is 12.1. The minimum atomic E-state index is 0.482. The summed E-state index contributed by atoms with van der Waals surface area (Å²) in [7, 11) is 1.57. The summed E-state index contributed by atoms with van der Waals surface area (Å²) in [6, 6.07) is 3.63. The first-order valence-electron chi connectivity index (χ1n) is 6.86. The monoisotopic (exact) mass is 308 g/mol. The number of hydrogen-bond acceptors (Lipinski definition) is 5. The van der Waals surface area contributed by atoms with E-state index in [1.807, 2.05) is 29.1 Å². The van der Waals surface area contributed by atoms with Crippen molar-refractivity contribution in [3.8, 4) is 17.0 Å². The van der Waals surface area contributed by atoms with E-state index in [4.69, 9.17) is 4.74 Å². The third-order valence-electron chi connectivity index (χ3n) is 3.58. The lowest BCUT2D eigenvalue weighted by Gasteiger charge is -2.07. The maximum absolute atomic E-state index is 10.5. The maximum Gasteiger partial charge on any atom is 0.237 e. The topological polar surface area (TPSA) is 97.2 Å². The number of ether oxygens (including phenoxy) is 1. The Morgan fingerprint density at radius 1 is 1.30 bits per heavy atom. The number of imidazole rings is 1. The molecule has 114 valence electrons. The number of H-pyrrole nitrogens is 1. The van der Waals surface area contributed by atoms with Crippen LogP contribution < -0.4 is 10.1 Å². The van der Waals surface area contributed by atoms with Crippen molar-refractivity contribution < 1.29 is 9.53 Å². The molecule has 0 saturated carbocycles. The normalized spacial score (nSPS) is 11.0. The Morgan fingerprint density at radius 2 is 2.22 bits per heavy atom. The van der Waals surface area contributed by atoms with Crippen LogP contribution in [0.2, 0.25) is 0 Å². The molecule has 0 saturated heterocycles. The van der Waals surface area contributed by atoms with Gasteiger partial charge in [-0.25, -0.2) is 9.97 Å². The fourth-order valence-corrected chi connectivity index (χ4v) is 2.55. The van der Waals surface area contributed by atoms with Crippen LogP contribution in [0.3, 0.4) is 0 Å². The Bertz CT molecular complexity index is 1020. The van der Waals surface area contributed by atoms with Gasteiger partial charge in [-0.3, -0.25) is 9.20 Å². The Kier molecular flexibility index (Phi) is 2.94. The van der Waals surface area contributed by atoms with Crippen LogP contribution in [-0.4, -0.2) is 37.9 Å². The molecule has 8 nitrogen and oxygen atoms in total. The van der Waals surface area contributed by atoms with Crippen molar-refractivity contribution >= 4 is 29.0 Å². The highest BCUT2D eigenvalue weighted by atomic mass is 16.5. The summed E-state index contributed by atoms with van der Waals surface area (Å²) in [5, 5.41) is 3.43. The van der Waals surface area contributed by atoms with E-state index in [9.17, 15) is 4.79 Å². The van der Waals surface area contributed by atoms with E-state index >= 15 is 0 Å². The van der Waals surface area contributed by atoms with Crippen molar-refractivity contribution in [2.24, 2.45) is 0 Å². The first kappa shape index (κ1) is 13.3. The van der Waals surface area contributed by atoms with Crippen molar-refractivity contribution in [1.29, 1.82) is 0 Å². The number of rotatable bonds is 4. The van der Waals surface area contributed by atoms with Gasteiger partial charge in [0.05, 0.1) is 12.7 Å². The van der Waals surface area contributed by atoms with Crippen molar-refractivity contribution in [3.05, 3.63) is 36.9 Å². The van der Waals surface area contributed by atoms with Gasteiger partial charge in [-0.15, -0.1) is 0 Å². The number of hydrogen-bond donors (Lipinski definition) is 2. The van der Waals surface area contributed by atoms with Gasteiger partial charge in [0.15, 0.2) is 0 Å². The molecule has 0 aliphatic rings. The molecule has 8 heteroatoms. The largest absolute Gasteiger partial charge is 0.480 e. The lowest BCUT2D eigenvalue weighted by Crippen LogP contribution is -1.97. The van der Waals surface area contributed by atoms with Crippen LogP contribution in [-0.2, 0) is 4.79 Å². The lowest BCUT2D eigenvalue weighted by molar-refractivity contribution is -0.105. The summed E-state index contributed by atoms with van der Waals surface area (Å²) < 4.78 is 7.23. The molecule has 4 rings (SSSR count). The highest BCUT2D eigenvalue weighted by molar-refractivity contribution is 5.95. The fourth-order valence-electron chi connectivity index (χ4n) is 2.55. The van der Waals surface area contributed by atoms with E-state index in [-0.39, 0.29) is 0 Å². The summed E-state index contributed by atoms with van der Waals surface area (Å²) in [5.41, 5.74) is 2.40. The first-order valence-corrected chi connectivity index (χ1v) is 6.86. The highest BCUT2D eigenvalue weighted by Crippen LogP contribution is 2.34. The number of anilines is 1. The number of carbonyl (C=O) groups is 1. The molecular formula is C15H12N6O2. The molecule has 0 aromatic carbocycles. The molecule has 0 radical (unpaired) electrons. The molecule has 4 heterocycles. The lowest BCUT2D eigenvalue weighted by atomic mass is 10.1. The van der Waals surface area contributed by atoms with Crippen LogP contribution >= 0.6 is 0 Å². The maximum atomic E-state index is 10.5. The summed E-state index contributed by atoms with van der Waals surface area (Å²) >= 11 is 0. The smallest absolute Gasteiger partial charge is 0.237 e. The van der Waals surface area contributed by atoms with Crippen molar-refractivity contribution in [2.75, 3.05) is 12.4 Å². The van der Waals surface area contributed by atoms with E-state index in [1.165, 1.54) is 0 Å². The molecule has 4 aromatic rings. The SMILES string of the molecule is COc1nc2nccn2cc1-c1c[nH]c2nc(NC=O)ccc12.